The molecule has 0 saturated carbocycles. The Bertz CT molecular complexity index is 686. The predicted octanol–water partition coefficient (Wildman–Crippen LogP) is 3.74. The molecule has 0 spiro atoms. The lowest BCUT2D eigenvalue weighted by atomic mass is 9.68. The number of pyridine rings is 1. The summed E-state index contributed by atoms with van der Waals surface area (Å²) >= 11 is 3.41. The highest BCUT2D eigenvalue weighted by atomic mass is 79.9. The van der Waals surface area contributed by atoms with Crippen LogP contribution in [0.2, 0.25) is 0 Å². The van der Waals surface area contributed by atoms with Gasteiger partial charge in [0.25, 0.3) is 0 Å². The topological polar surface area (TPSA) is 48.2 Å². The van der Waals surface area contributed by atoms with Gasteiger partial charge in [-0.25, -0.2) is 4.39 Å². The van der Waals surface area contributed by atoms with Crippen molar-refractivity contribution < 1.29 is 13.7 Å². The van der Waals surface area contributed by atoms with Crippen LogP contribution in [0.4, 0.5) is 4.39 Å². The first kappa shape index (κ1) is 14.7. The van der Waals surface area contributed by atoms with Crippen molar-refractivity contribution in [2.75, 3.05) is 7.11 Å². The quantitative estimate of drug-likeness (QED) is 0.824. The molecule has 0 amide bonds. The summed E-state index contributed by atoms with van der Waals surface area (Å²) in [6.07, 6.45) is 4.22. The second-order valence-electron chi connectivity index (χ2n) is 6.10. The molecule has 2 aromatic rings. The van der Waals surface area contributed by atoms with Crippen LogP contribution in [0.5, 0.6) is 0 Å². The predicted molar refractivity (Wildman–Crippen MR) is 78.4 cm³/mol. The van der Waals surface area contributed by atoms with Gasteiger partial charge in [0.2, 0.25) is 0 Å². The molecule has 0 bridgehead atoms. The minimum Gasteiger partial charge on any atom is -0.371 e. The normalized spacial score (nSPS) is 23.9. The van der Waals surface area contributed by atoms with Crippen molar-refractivity contribution in [3.8, 4) is 0 Å². The molecule has 6 heteroatoms. The number of hydrogen-bond acceptors (Lipinski definition) is 4. The Kier molecular flexibility index (Phi) is 3.41. The number of fused-ring (bicyclic) bond motifs is 1. The smallest absolute Gasteiger partial charge is 0.145 e. The zero-order chi connectivity index (χ0) is 15.3. The van der Waals surface area contributed by atoms with Crippen molar-refractivity contribution in [2.24, 2.45) is 0 Å². The van der Waals surface area contributed by atoms with Crippen LogP contribution in [0.25, 0.3) is 0 Å². The van der Waals surface area contributed by atoms with Crippen molar-refractivity contribution in [2.45, 2.75) is 37.7 Å². The molecule has 21 heavy (non-hydrogen) atoms. The number of aromatic nitrogens is 2. The van der Waals surface area contributed by atoms with Crippen LogP contribution >= 0.6 is 15.9 Å². The van der Waals surface area contributed by atoms with Crippen LogP contribution in [0.3, 0.4) is 0 Å². The number of methoxy groups -OCH3 is 1. The van der Waals surface area contributed by atoms with Gasteiger partial charge in [0.1, 0.15) is 17.2 Å². The summed E-state index contributed by atoms with van der Waals surface area (Å²) in [7, 11) is 1.66. The summed E-state index contributed by atoms with van der Waals surface area (Å²) in [6.45, 7) is 4.17. The summed E-state index contributed by atoms with van der Waals surface area (Å²) in [5.41, 5.74) is 0.835. The highest BCUT2D eigenvalue weighted by Gasteiger charge is 2.48. The molecule has 3 rings (SSSR count). The van der Waals surface area contributed by atoms with Crippen molar-refractivity contribution in [1.82, 2.24) is 10.1 Å². The molecular weight excluding hydrogens is 339 g/mol. The molecule has 0 N–H and O–H groups in total. The van der Waals surface area contributed by atoms with E-state index in [0.717, 1.165) is 11.3 Å². The van der Waals surface area contributed by atoms with Crippen molar-refractivity contribution in [3.63, 3.8) is 0 Å². The molecule has 1 aliphatic carbocycles. The summed E-state index contributed by atoms with van der Waals surface area (Å²) in [6, 6.07) is 1.42. The molecule has 0 radical (unpaired) electrons. The van der Waals surface area contributed by atoms with Gasteiger partial charge in [0, 0.05) is 29.0 Å². The van der Waals surface area contributed by atoms with E-state index in [9.17, 15) is 4.39 Å². The van der Waals surface area contributed by atoms with Crippen molar-refractivity contribution >= 4 is 15.9 Å². The number of halogens is 2. The molecule has 4 nitrogen and oxygen atoms in total. The first-order valence-electron chi connectivity index (χ1n) is 6.69. The Balaban J connectivity index is 2.14. The number of hydrogen-bond donors (Lipinski definition) is 0. The summed E-state index contributed by atoms with van der Waals surface area (Å²) in [5, 5.41) is 3.91. The lowest BCUT2D eigenvalue weighted by Gasteiger charge is -2.42. The van der Waals surface area contributed by atoms with E-state index >= 15 is 0 Å². The summed E-state index contributed by atoms with van der Waals surface area (Å²) in [4.78, 5) is 4.27. The molecule has 112 valence electrons. The van der Waals surface area contributed by atoms with Crippen LogP contribution in [0.1, 0.15) is 37.3 Å². The molecule has 0 fully saturated rings. The Morgan fingerprint density at radius 3 is 2.81 bits per heavy atom. The van der Waals surface area contributed by atoms with Gasteiger partial charge in [0.05, 0.1) is 18.1 Å². The van der Waals surface area contributed by atoms with E-state index < -0.39 is 5.60 Å². The molecule has 1 atom stereocenters. The van der Waals surface area contributed by atoms with Crippen molar-refractivity contribution in [1.29, 1.82) is 0 Å². The van der Waals surface area contributed by atoms with E-state index in [2.05, 4.69) is 39.9 Å². The molecule has 1 aliphatic rings. The second-order valence-corrected chi connectivity index (χ2v) is 6.95. The van der Waals surface area contributed by atoms with Gasteiger partial charge in [0.15, 0.2) is 0 Å². The molecule has 2 heterocycles. The number of nitrogens with zero attached hydrogens (tertiary/aromatic N) is 2. The Morgan fingerprint density at radius 2 is 2.14 bits per heavy atom. The van der Waals surface area contributed by atoms with Gasteiger partial charge in [-0.15, -0.1) is 0 Å². The van der Waals surface area contributed by atoms with Gasteiger partial charge in [-0.05, 0) is 28.4 Å². The van der Waals surface area contributed by atoms with Gasteiger partial charge in [-0.3, -0.25) is 4.98 Å². The Hall–Kier alpha value is -1.27. The maximum absolute atomic E-state index is 13.3. The first-order valence-corrected chi connectivity index (χ1v) is 7.48. The van der Waals surface area contributed by atoms with E-state index in [4.69, 9.17) is 9.26 Å². The van der Waals surface area contributed by atoms with E-state index in [0.29, 0.717) is 23.0 Å². The minimum absolute atomic E-state index is 0.240. The van der Waals surface area contributed by atoms with Crippen LogP contribution in [0, 0.1) is 5.82 Å². The second kappa shape index (κ2) is 4.88. The van der Waals surface area contributed by atoms with Gasteiger partial charge >= 0.3 is 0 Å². The van der Waals surface area contributed by atoms with E-state index in [-0.39, 0.29) is 11.2 Å². The fraction of sp³-hybridized carbons (Fsp3) is 0.467. The van der Waals surface area contributed by atoms with E-state index in [1.165, 1.54) is 12.3 Å². The molecule has 2 aromatic heterocycles. The zero-order valence-corrected chi connectivity index (χ0v) is 13.7. The standard InChI is InChI=1S/C15H16BrFN2O2/c1-14(2)8-15(20-3,5-9-6-19-21-13(9)14)12-11(16)4-10(17)7-18-12/h4,6-7H,5,8H2,1-3H3. The highest BCUT2D eigenvalue weighted by molar-refractivity contribution is 9.10. The molecule has 1 unspecified atom stereocenters. The Morgan fingerprint density at radius 1 is 1.38 bits per heavy atom. The van der Waals surface area contributed by atoms with Gasteiger partial charge in [-0.2, -0.15) is 0 Å². The highest BCUT2D eigenvalue weighted by Crippen LogP contribution is 2.48. The summed E-state index contributed by atoms with van der Waals surface area (Å²) in [5.74, 6) is 0.506. The fourth-order valence-electron chi connectivity index (χ4n) is 3.27. The monoisotopic (exact) mass is 354 g/mol. The summed E-state index contributed by atoms with van der Waals surface area (Å²) < 4.78 is 25.2. The number of ether oxygens (including phenoxy) is 1. The molecule has 0 aromatic carbocycles. The van der Waals surface area contributed by atoms with E-state index in [1.54, 1.807) is 13.3 Å². The Labute approximate surface area is 130 Å². The first-order chi connectivity index (χ1) is 9.88. The third-order valence-corrected chi connectivity index (χ3v) is 4.70. The maximum Gasteiger partial charge on any atom is 0.145 e. The lowest BCUT2D eigenvalue weighted by molar-refractivity contribution is -0.0514. The maximum atomic E-state index is 13.3. The molecule has 0 saturated heterocycles. The van der Waals surface area contributed by atoms with Crippen LogP contribution in [-0.2, 0) is 22.2 Å². The largest absolute Gasteiger partial charge is 0.371 e. The lowest BCUT2D eigenvalue weighted by Crippen LogP contribution is -2.43. The average molecular weight is 355 g/mol. The fourth-order valence-corrected chi connectivity index (χ4v) is 3.95. The molecule has 0 aliphatic heterocycles. The third kappa shape index (κ3) is 2.30. The SMILES string of the molecule is COC1(c2ncc(F)cc2Br)Cc2cnoc2C(C)(C)C1. The average Bonchev–Trinajstić information content (AvgIpc) is 2.86. The van der Waals surface area contributed by atoms with Gasteiger partial charge < -0.3 is 9.26 Å². The van der Waals surface area contributed by atoms with E-state index in [1.807, 2.05) is 0 Å². The zero-order valence-electron chi connectivity index (χ0n) is 12.1. The molecular formula is C15H16BrFN2O2. The van der Waals surface area contributed by atoms with Crippen LogP contribution in [0.15, 0.2) is 27.5 Å². The third-order valence-electron chi connectivity index (χ3n) is 4.09. The minimum atomic E-state index is -0.630. The van der Waals surface area contributed by atoms with Crippen LogP contribution in [-0.4, -0.2) is 17.3 Å². The number of rotatable bonds is 2. The van der Waals surface area contributed by atoms with Gasteiger partial charge in [-0.1, -0.05) is 19.0 Å². The van der Waals surface area contributed by atoms with Crippen molar-refractivity contribution in [3.05, 3.63) is 45.8 Å². The van der Waals surface area contributed by atoms with Crippen LogP contribution < -0.4 is 0 Å².